The Hall–Kier alpha value is -1.59. The van der Waals surface area contributed by atoms with Gasteiger partial charge >= 0.3 is 0 Å². The van der Waals surface area contributed by atoms with Gasteiger partial charge in [-0.2, -0.15) is 0 Å². The van der Waals surface area contributed by atoms with Crippen molar-refractivity contribution in [1.82, 2.24) is 9.55 Å². The van der Waals surface area contributed by atoms with E-state index < -0.39 is 0 Å². The lowest BCUT2D eigenvalue weighted by atomic mass is 9.72. The zero-order chi connectivity index (χ0) is 19.3. The van der Waals surface area contributed by atoms with Gasteiger partial charge in [0.1, 0.15) is 4.83 Å². The fourth-order valence-electron chi connectivity index (χ4n) is 4.00. The van der Waals surface area contributed by atoms with E-state index in [-0.39, 0.29) is 5.56 Å². The molecule has 0 unspecified atom stereocenters. The summed E-state index contributed by atoms with van der Waals surface area (Å²) in [4.78, 5) is 20.7. The van der Waals surface area contributed by atoms with Crippen LogP contribution in [0.15, 0.2) is 34.2 Å². The van der Waals surface area contributed by atoms with Gasteiger partial charge in [0.05, 0.1) is 11.1 Å². The molecule has 142 valence electrons. The molecule has 2 aromatic heterocycles. The predicted molar refractivity (Wildman–Crippen MR) is 117 cm³/mol. The Morgan fingerprint density at radius 2 is 1.93 bits per heavy atom. The lowest BCUT2D eigenvalue weighted by Gasteiger charge is -2.33. The summed E-state index contributed by atoms with van der Waals surface area (Å²) in [5.74, 6) is 0.664. The fourth-order valence-corrected chi connectivity index (χ4v) is 5.91. The van der Waals surface area contributed by atoms with Crippen LogP contribution in [0.2, 0.25) is 0 Å². The van der Waals surface area contributed by atoms with Crippen LogP contribution in [0.4, 0.5) is 0 Å². The van der Waals surface area contributed by atoms with Gasteiger partial charge in [0, 0.05) is 4.88 Å². The molecule has 0 saturated heterocycles. The Labute approximate surface area is 168 Å². The molecule has 0 bridgehead atoms. The Balaban J connectivity index is 1.91. The summed E-state index contributed by atoms with van der Waals surface area (Å²) in [5.41, 5.74) is 3.72. The maximum absolute atomic E-state index is 13.5. The number of hydrogen-bond donors (Lipinski definition) is 0. The van der Waals surface area contributed by atoms with Crippen molar-refractivity contribution in [1.29, 1.82) is 0 Å². The monoisotopic (exact) mass is 398 g/mol. The minimum absolute atomic E-state index is 0.0833. The van der Waals surface area contributed by atoms with Crippen LogP contribution in [0.3, 0.4) is 0 Å². The molecule has 5 heteroatoms. The van der Waals surface area contributed by atoms with Gasteiger partial charge in [-0.25, -0.2) is 4.98 Å². The van der Waals surface area contributed by atoms with E-state index in [2.05, 4.69) is 27.7 Å². The minimum Gasteiger partial charge on any atom is -0.268 e. The third kappa shape index (κ3) is 3.25. The van der Waals surface area contributed by atoms with E-state index >= 15 is 0 Å². The lowest BCUT2D eigenvalue weighted by Crippen LogP contribution is -2.27. The number of aryl methyl sites for hydroxylation is 2. The van der Waals surface area contributed by atoms with Crippen molar-refractivity contribution < 1.29 is 0 Å². The molecule has 27 heavy (non-hydrogen) atoms. The largest absolute Gasteiger partial charge is 0.268 e. The van der Waals surface area contributed by atoms with E-state index in [1.807, 2.05) is 30.5 Å². The van der Waals surface area contributed by atoms with E-state index in [1.54, 1.807) is 15.9 Å². The van der Waals surface area contributed by atoms with E-state index in [1.165, 1.54) is 27.8 Å². The highest BCUT2D eigenvalue weighted by Gasteiger charge is 2.32. The number of rotatable bonds is 2. The number of aromatic nitrogens is 2. The molecule has 4 rings (SSSR count). The van der Waals surface area contributed by atoms with E-state index in [0.717, 1.165) is 40.3 Å². The quantitative estimate of drug-likeness (QED) is 0.414. The number of hydrogen-bond acceptors (Lipinski definition) is 4. The van der Waals surface area contributed by atoms with Gasteiger partial charge in [0.2, 0.25) is 0 Å². The zero-order valence-corrected chi connectivity index (χ0v) is 18.3. The van der Waals surface area contributed by atoms with E-state index in [9.17, 15) is 4.79 Å². The molecule has 3 aromatic rings. The summed E-state index contributed by atoms with van der Waals surface area (Å²) in [5, 5.41) is 1.61. The molecule has 0 saturated carbocycles. The van der Waals surface area contributed by atoms with Crippen LogP contribution < -0.4 is 5.56 Å². The highest BCUT2D eigenvalue weighted by Crippen LogP contribution is 2.42. The molecule has 0 fully saturated rings. The molecular weight excluding hydrogens is 372 g/mol. The average molecular weight is 399 g/mol. The highest BCUT2D eigenvalue weighted by molar-refractivity contribution is 7.98. The molecule has 1 atom stereocenters. The first-order valence-electron chi connectivity index (χ1n) is 9.48. The average Bonchev–Trinajstić information content (AvgIpc) is 2.99. The summed E-state index contributed by atoms with van der Waals surface area (Å²) in [6.45, 7) is 9.03. The van der Waals surface area contributed by atoms with Gasteiger partial charge in [-0.1, -0.05) is 50.2 Å². The fraction of sp³-hybridized carbons (Fsp3) is 0.455. The Morgan fingerprint density at radius 1 is 1.22 bits per heavy atom. The second kappa shape index (κ2) is 6.78. The number of fused-ring (bicyclic) bond motifs is 3. The third-order valence-electron chi connectivity index (χ3n) is 5.75. The van der Waals surface area contributed by atoms with E-state index in [4.69, 9.17) is 4.98 Å². The molecule has 0 amide bonds. The Morgan fingerprint density at radius 3 is 2.56 bits per heavy atom. The van der Waals surface area contributed by atoms with Crippen molar-refractivity contribution in [2.45, 2.75) is 52.1 Å². The first kappa shape index (κ1) is 18.8. The molecule has 2 heterocycles. The van der Waals surface area contributed by atoms with Gasteiger partial charge in [-0.15, -0.1) is 11.3 Å². The second-order valence-corrected chi connectivity index (χ2v) is 10.4. The van der Waals surface area contributed by atoms with Crippen molar-refractivity contribution in [3.05, 3.63) is 50.6 Å². The smallest absolute Gasteiger partial charge is 0.267 e. The normalized spacial score (nSPS) is 17.3. The topological polar surface area (TPSA) is 34.9 Å². The summed E-state index contributed by atoms with van der Waals surface area (Å²) in [6.07, 6.45) is 5.19. The van der Waals surface area contributed by atoms with Crippen LogP contribution >= 0.6 is 23.1 Å². The summed E-state index contributed by atoms with van der Waals surface area (Å²) in [7, 11) is 0. The molecule has 0 radical (unpaired) electrons. The van der Waals surface area contributed by atoms with Crippen LogP contribution in [-0.2, 0) is 12.8 Å². The van der Waals surface area contributed by atoms with Gasteiger partial charge in [-0.3, -0.25) is 9.36 Å². The van der Waals surface area contributed by atoms with Crippen molar-refractivity contribution in [2.75, 3.05) is 6.26 Å². The summed E-state index contributed by atoms with van der Waals surface area (Å²) < 4.78 is 1.79. The standard InChI is InChI=1S/C22H26N2OS2/c1-13-6-9-15(10-7-13)24-20(25)18-16-11-8-14(22(2,3)4)12-17(16)27-19(18)23-21(24)26-5/h6-7,9-10,14H,8,11-12H2,1-5H3/t14-/m0/s1. The highest BCUT2D eigenvalue weighted by atomic mass is 32.2. The molecule has 1 aliphatic carbocycles. The van der Waals surface area contributed by atoms with Crippen LogP contribution in [0.5, 0.6) is 0 Å². The van der Waals surface area contributed by atoms with Crippen LogP contribution in [0.25, 0.3) is 15.9 Å². The van der Waals surface area contributed by atoms with Gasteiger partial charge in [0.25, 0.3) is 5.56 Å². The van der Waals surface area contributed by atoms with Gasteiger partial charge < -0.3 is 0 Å². The number of benzene rings is 1. The number of thioether (sulfide) groups is 1. The van der Waals surface area contributed by atoms with Crippen molar-refractivity contribution in [2.24, 2.45) is 11.3 Å². The summed E-state index contributed by atoms with van der Waals surface area (Å²) in [6, 6.07) is 8.12. The maximum Gasteiger partial charge on any atom is 0.267 e. The Bertz CT molecular complexity index is 1060. The predicted octanol–water partition coefficient (Wildman–Crippen LogP) is 5.63. The van der Waals surface area contributed by atoms with Gasteiger partial charge in [-0.05, 0) is 61.5 Å². The molecule has 0 aliphatic heterocycles. The van der Waals surface area contributed by atoms with Crippen LogP contribution in [0, 0.1) is 18.3 Å². The van der Waals surface area contributed by atoms with Crippen LogP contribution in [-0.4, -0.2) is 15.8 Å². The lowest BCUT2D eigenvalue weighted by molar-refractivity contribution is 0.218. The van der Waals surface area contributed by atoms with Crippen molar-refractivity contribution in [3.63, 3.8) is 0 Å². The maximum atomic E-state index is 13.5. The molecular formula is C22H26N2OS2. The molecule has 1 aliphatic rings. The molecule has 1 aromatic carbocycles. The second-order valence-electron chi connectivity index (χ2n) is 8.56. The van der Waals surface area contributed by atoms with Crippen molar-refractivity contribution >= 4 is 33.3 Å². The van der Waals surface area contributed by atoms with E-state index in [0.29, 0.717) is 11.3 Å². The minimum atomic E-state index is 0.0833. The summed E-state index contributed by atoms with van der Waals surface area (Å²) >= 11 is 3.26. The molecule has 0 N–H and O–H groups in total. The van der Waals surface area contributed by atoms with Crippen LogP contribution in [0.1, 0.15) is 43.2 Å². The number of thiophene rings is 1. The first-order valence-corrected chi connectivity index (χ1v) is 11.5. The van der Waals surface area contributed by atoms with Crippen molar-refractivity contribution in [3.8, 4) is 5.69 Å². The molecule has 0 spiro atoms. The number of nitrogens with zero attached hydrogens (tertiary/aromatic N) is 2. The molecule has 3 nitrogen and oxygen atoms in total. The SMILES string of the molecule is CSc1nc2sc3c(c2c(=O)n1-c1ccc(C)cc1)CC[C@H](C(C)(C)C)C3. The zero-order valence-electron chi connectivity index (χ0n) is 16.6. The third-order valence-corrected chi connectivity index (χ3v) is 7.54. The van der Waals surface area contributed by atoms with Gasteiger partial charge in [0.15, 0.2) is 5.16 Å². The first-order chi connectivity index (χ1) is 12.8. The Kier molecular flexibility index (Phi) is 4.71.